The van der Waals surface area contributed by atoms with Gasteiger partial charge in [0.25, 0.3) is 0 Å². The van der Waals surface area contributed by atoms with Crippen LogP contribution < -0.4 is 5.73 Å². The molecule has 20 heavy (non-hydrogen) atoms. The van der Waals surface area contributed by atoms with Crippen molar-refractivity contribution in [3.05, 3.63) is 29.8 Å². The smallest absolute Gasteiger partial charge is 0.240 e. The Morgan fingerprint density at radius 1 is 1.35 bits per heavy atom. The Morgan fingerprint density at radius 2 is 1.95 bits per heavy atom. The molecule has 1 aliphatic carbocycles. The van der Waals surface area contributed by atoms with Crippen LogP contribution in [0.2, 0.25) is 0 Å². The van der Waals surface area contributed by atoms with E-state index < -0.39 is 0 Å². The Bertz CT molecular complexity index is 454. The molecule has 1 unspecified atom stereocenters. The number of hydrogen-bond donors (Lipinski definition) is 1. The highest BCUT2D eigenvalue weighted by atomic mass is 32.2. The van der Waals surface area contributed by atoms with E-state index in [1.165, 1.54) is 10.5 Å². The molecular formula is C16H24N2OS. The largest absolute Gasteiger partial charge is 0.334 e. The Balaban J connectivity index is 2.07. The summed E-state index contributed by atoms with van der Waals surface area (Å²) in [7, 11) is 0. The third-order valence-electron chi connectivity index (χ3n) is 3.79. The number of hydrogen-bond acceptors (Lipinski definition) is 3. The quantitative estimate of drug-likeness (QED) is 0.820. The summed E-state index contributed by atoms with van der Waals surface area (Å²) in [5.41, 5.74) is 7.21. The van der Waals surface area contributed by atoms with Gasteiger partial charge >= 0.3 is 0 Å². The molecule has 1 saturated carbocycles. The number of carbonyl (C=O) groups is 1. The summed E-state index contributed by atoms with van der Waals surface area (Å²) in [5, 5.41) is 0. The van der Waals surface area contributed by atoms with Crippen LogP contribution in [0.5, 0.6) is 0 Å². The van der Waals surface area contributed by atoms with E-state index in [2.05, 4.69) is 30.5 Å². The molecule has 0 bridgehead atoms. The highest BCUT2D eigenvalue weighted by Crippen LogP contribution is 2.29. The molecule has 0 heterocycles. The summed E-state index contributed by atoms with van der Waals surface area (Å²) >= 11 is 1.73. The van der Waals surface area contributed by atoms with Crippen molar-refractivity contribution in [1.29, 1.82) is 0 Å². The van der Waals surface area contributed by atoms with Crippen LogP contribution in [0.3, 0.4) is 0 Å². The third kappa shape index (κ3) is 3.76. The fourth-order valence-corrected chi connectivity index (χ4v) is 2.59. The average molecular weight is 292 g/mol. The van der Waals surface area contributed by atoms with Gasteiger partial charge in [-0.05, 0) is 42.7 Å². The second-order valence-corrected chi connectivity index (χ2v) is 6.69. The van der Waals surface area contributed by atoms with Gasteiger partial charge < -0.3 is 10.6 Å². The summed E-state index contributed by atoms with van der Waals surface area (Å²) in [5.74, 6) is 0.277. The lowest BCUT2D eigenvalue weighted by molar-refractivity contribution is -0.134. The summed E-state index contributed by atoms with van der Waals surface area (Å²) in [4.78, 5) is 15.7. The topological polar surface area (TPSA) is 46.3 Å². The molecule has 0 aromatic heterocycles. The highest BCUT2D eigenvalue weighted by molar-refractivity contribution is 7.98. The Hall–Kier alpha value is -1.00. The molecule has 1 aromatic rings. The molecule has 0 aliphatic heterocycles. The summed E-state index contributed by atoms with van der Waals surface area (Å²) in [6, 6.07) is 8.44. The van der Waals surface area contributed by atoms with E-state index in [0.717, 1.165) is 12.8 Å². The van der Waals surface area contributed by atoms with Crippen LogP contribution in [0, 0.1) is 5.92 Å². The van der Waals surface area contributed by atoms with E-state index >= 15 is 0 Å². The molecular weight excluding hydrogens is 268 g/mol. The van der Waals surface area contributed by atoms with Gasteiger partial charge in [-0.3, -0.25) is 4.79 Å². The van der Waals surface area contributed by atoms with Crippen molar-refractivity contribution in [3.8, 4) is 0 Å². The molecule has 0 radical (unpaired) electrons. The lowest BCUT2D eigenvalue weighted by atomic mass is 10.0. The van der Waals surface area contributed by atoms with Gasteiger partial charge in [0.2, 0.25) is 5.91 Å². The summed E-state index contributed by atoms with van der Waals surface area (Å²) in [6.45, 7) is 4.68. The zero-order valence-corrected chi connectivity index (χ0v) is 13.3. The number of carbonyl (C=O) groups excluding carboxylic acids is 1. The van der Waals surface area contributed by atoms with Gasteiger partial charge in [-0.25, -0.2) is 0 Å². The normalized spacial score (nSPS) is 16.2. The van der Waals surface area contributed by atoms with Crippen molar-refractivity contribution >= 4 is 17.7 Å². The van der Waals surface area contributed by atoms with Crippen LogP contribution >= 0.6 is 11.8 Å². The van der Waals surface area contributed by atoms with Crippen molar-refractivity contribution in [2.45, 2.75) is 50.2 Å². The SMILES string of the molecule is CSc1ccc(CN(C(=O)C(N)C(C)C)C2CC2)cc1. The molecule has 0 spiro atoms. The first-order chi connectivity index (χ1) is 9.52. The molecule has 1 fully saturated rings. The maximum atomic E-state index is 12.5. The van der Waals surface area contributed by atoms with E-state index in [1.807, 2.05) is 18.7 Å². The maximum Gasteiger partial charge on any atom is 0.240 e. The second-order valence-electron chi connectivity index (χ2n) is 5.82. The number of thioether (sulfide) groups is 1. The molecule has 4 heteroatoms. The zero-order valence-electron chi connectivity index (χ0n) is 12.5. The van der Waals surface area contributed by atoms with E-state index in [1.54, 1.807) is 11.8 Å². The van der Waals surface area contributed by atoms with Gasteiger partial charge in [-0.15, -0.1) is 11.8 Å². The van der Waals surface area contributed by atoms with Gasteiger partial charge in [0.1, 0.15) is 0 Å². The minimum atomic E-state index is -0.388. The second kappa shape index (κ2) is 6.64. The monoisotopic (exact) mass is 292 g/mol. The highest BCUT2D eigenvalue weighted by Gasteiger charge is 2.35. The Labute approximate surface area is 125 Å². The van der Waals surface area contributed by atoms with E-state index in [4.69, 9.17) is 5.73 Å². The molecule has 2 N–H and O–H groups in total. The lowest BCUT2D eigenvalue weighted by Crippen LogP contribution is -2.47. The third-order valence-corrected chi connectivity index (χ3v) is 4.53. The molecule has 2 rings (SSSR count). The fourth-order valence-electron chi connectivity index (χ4n) is 2.18. The standard InChI is InChI=1S/C16H24N2OS/c1-11(2)15(17)16(19)18(13-6-7-13)10-12-4-8-14(20-3)9-5-12/h4-5,8-9,11,13,15H,6-7,10,17H2,1-3H3. The Morgan fingerprint density at radius 3 is 2.40 bits per heavy atom. The van der Waals surface area contributed by atoms with Crippen LogP contribution in [0.25, 0.3) is 0 Å². The molecule has 1 aliphatic rings. The van der Waals surface area contributed by atoms with Crippen LogP contribution in [-0.4, -0.2) is 29.1 Å². The van der Waals surface area contributed by atoms with Crippen molar-refractivity contribution < 1.29 is 4.79 Å². The zero-order chi connectivity index (χ0) is 14.7. The first-order valence-electron chi connectivity index (χ1n) is 7.22. The van der Waals surface area contributed by atoms with Gasteiger partial charge in [0.05, 0.1) is 6.04 Å². The van der Waals surface area contributed by atoms with Crippen molar-refractivity contribution in [2.24, 2.45) is 11.7 Å². The molecule has 1 amide bonds. The molecule has 110 valence electrons. The van der Waals surface area contributed by atoms with Crippen LogP contribution in [0.4, 0.5) is 0 Å². The van der Waals surface area contributed by atoms with Gasteiger partial charge in [0.15, 0.2) is 0 Å². The van der Waals surface area contributed by atoms with E-state index in [-0.39, 0.29) is 17.9 Å². The number of benzene rings is 1. The Kier molecular flexibility index (Phi) is 5.11. The lowest BCUT2D eigenvalue weighted by Gasteiger charge is -2.27. The molecule has 3 nitrogen and oxygen atoms in total. The first kappa shape index (κ1) is 15.4. The van der Waals surface area contributed by atoms with Crippen LogP contribution in [0.1, 0.15) is 32.3 Å². The average Bonchev–Trinajstić information content (AvgIpc) is 3.28. The number of amides is 1. The predicted molar refractivity (Wildman–Crippen MR) is 84.6 cm³/mol. The van der Waals surface area contributed by atoms with Gasteiger partial charge in [-0.1, -0.05) is 26.0 Å². The first-order valence-corrected chi connectivity index (χ1v) is 8.44. The van der Waals surface area contributed by atoms with E-state index in [9.17, 15) is 4.79 Å². The van der Waals surface area contributed by atoms with Gasteiger partial charge in [0, 0.05) is 17.5 Å². The van der Waals surface area contributed by atoms with Crippen LogP contribution in [-0.2, 0) is 11.3 Å². The predicted octanol–water partition coefficient (Wildman–Crippen LogP) is 2.88. The number of nitrogens with two attached hydrogens (primary N) is 1. The summed E-state index contributed by atoms with van der Waals surface area (Å²) in [6.07, 6.45) is 4.29. The number of rotatable bonds is 6. The minimum Gasteiger partial charge on any atom is -0.334 e. The number of nitrogens with zero attached hydrogens (tertiary/aromatic N) is 1. The molecule has 1 aromatic carbocycles. The van der Waals surface area contributed by atoms with Crippen molar-refractivity contribution in [2.75, 3.05) is 6.26 Å². The van der Waals surface area contributed by atoms with Crippen molar-refractivity contribution in [1.82, 2.24) is 4.90 Å². The maximum absolute atomic E-state index is 12.5. The summed E-state index contributed by atoms with van der Waals surface area (Å²) < 4.78 is 0. The van der Waals surface area contributed by atoms with Crippen molar-refractivity contribution in [3.63, 3.8) is 0 Å². The minimum absolute atomic E-state index is 0.0939. The fraction of sp³-hybridized carbons (Fsp3) is 0.562. The van der Waals surface area contributed by atoms with E-state index in [0.29, 0.717) is 12.6 Å². The molecule has 1 atom stereocenters. The molecule has 0 saturated heterocycles. The van der Waals surface area contributed by atoms with Crippen LogP contribution in [0.15, 0.2) is 29.2 Å². The van der Waals surface area contributed by atoms with Gasteiger partial charge in [-0.2, -0.15) is 0 Å².